The molecule has 8 heteroatoms. The van der Waals surface area contributed by atoms with E-state index in [9.17, 15) is 10.2 Å². The van der Waals surface area contributed by atoms with Gasteiger partial charge in [-0.25, -0.2) is 5.84 Å². The van der Waals surface area contributed by atoms with Gasteiger partial charge < -0.3 is 30.4 Å². The first kappa shape index (κ1) is 27.8. The highest BCUT2D eigenvalue weighted by atomic mass is 35.5. The maximum Gasteiger partial charge on any atom is 0.122 e. The lowest BCUT2D eigenvalue weighted by atomic mass is 9.77. The highest BCUT2D eigenvalue weighted by Gasteiger charge is 2.24. The van der Waals surface area contributed by atoms with Gasteiger partial charge in [-0.2, -0.15) is 0 Å². The van der Waals surface area contributed by atoms with Crippen molar-refractivity contribution in [3.05, 3.63) is 70.5 Å². The number of benzene rings is 2. The second kappa shape index (κ2) is 12.9. The van der Waals surface area contributed by atoms with E-state index in [4.69, 9.17) is 32.7 Å². The van der Waals surface area contributed by atoms with E-state index in [1.807, 2.05) is 30.3 Å². The quantitative estimate of drug-likeness (QED) is 0.147. The molecule has 188 valence electrons. The Bertz CT molecular complexity index is 944. The maximum atomic E-state index is 10.2. The molecule has 0 aromatic heterocycles. The van der Waals surface area contributed by atoms with Gasteiger partial charge in [-0.05, 0) is 55.2 Å². The van der Waals surface area contributed by atoms with Crippen molar-refractivity contribution in [1.82, 2.24) is 5.01 Å². The second-order valence-electron chi connectivity index (χ2n) is 8.93. The summed E-state index contributed by atoms with van der Waals surface area (Å²) in [7, 11) is 0. The molecule has 0 amide bonds. The number of allylic oxidation sites excluding steroid dienone is 1. The Balaban J connectivity index is 2.00. The number of hydrogen-bond acceptors (Lipinski definition) is 7. The van der Waals surface area contributed by atoms with Gasteiger partial charge in [-0.15, -0.1) is 11.6 Å². The Kier molecular flexibility index (Phi) is 10.5. The van der Waals surface area contributed by atoms with E-state index >= 15 is 0 Å². The molecule has 0 heterocycles. The average molecular weight is 492 g/mol. The van der Waals surface area contributed by atoms with Gasteiger partial charge >= 0.3 is 0 Å². The Hall–Kier alpha value is -2.45. The van der Waals surface area contributed by atoms with Gasteiger partial charge in [-0.1, -0.05) is 38.1 Å². The molecular formula is C26H38ClN3O4. The molecule has 0 fully saturated rings. The van der Waals surface area contributed by atoms with Crippen LogP contribution in [0.25, 0.3) is 0 Å². The number of hydrazine groups is 1. The van der Waals surface area contributed by atoms with Gasteiger partial charge in [0.2, 0.25) is 0 Å². The molecule has 1 atom stereocenters. The fourth-order valence-electron chi connectivity index (χ4n) is 3.60. The van der Waals surface area contributed by atoms with Crippen LogP contribution in [0.15, 0.2) is 53.9 Å². The molecule has 0 unspecified atom stereocenters. The van der Waals surface area contributed by atoms with Gasteiger partial charge in [0.15, 0.2) is 0 Å². The largest absolute Gasteiger partial charge is 0.493 e. The highest BCUT2D eigenvalue weighted by molar-refractivity contribution is 6.17. The minimum absolute atomic E-state index is 0.0587. The summed E-state index contributed by atoms with van der Waals surface area (Å²) in [5.41, 5.74) is 9.66. The fourth-order valence-corrected chi connectivity index (χ4v) is 3.70. The van der Waals surface area contributed by atoms with Crippen molar-refractivity contribution in [2.45, 2.75) is 45.6 Å². The zero-order valence-electron chi connectivity index (χ0n) is 20.6. The number of alkyl halides is 1. The van der Waals surface area contributed by atoms with Crippen LogP contribution in [0, 0.1) is 6.92 Å². The zero-order chi connectivity index (χ0) is 25.3. The molecule has 2 aromatic rings. The number of aryl methyl sites for hydroxylation is 1. The topological polar surface area (TPSA) is 114 Å². The maximum absolute atomic E-state index is 10.2. The molecule has 0 radical (unpaired) electrons. The first-order chi connectivity index (χ1) is 16.1. The van der Waals surface area contributed by atoms with Crippen LogP contribution in [0.2, 0.25) is 0 Å². The fraction of sp³-hybridized carbons (Fsp3) is 0.462. The summed E-state index contributed by atoms with van der Waals surface area (Å²) >= 11 is 5.73. The van der Waals surface area contributed by atoms with Crippen molar-refractivity contribution in [1.29, 1.82) is 0 Å². The predicted octanol–water partition coefficient (Wildman–Crippen LogP) is 3.43. The second-order valence-corrected chi connectivity index (χ2v) is 9.30. The number of hydrogen-bond donors (Lipinski definition) is 4. The summed E-state index contributed by atoms with van der Waals surface area (Å²) in [6.45, 7) is 8.50. The SMILES string of the molecule is C/C(N)=C(\CO)N(N)C[C@@H](O)COc1ccc(C(C)(C)c2ccc(OCCCCl)c(C)c2)cc1. The number of rotatable bonds is 13. The monoisotopic (exact) mass is 491 g/mol. The Morgan fingerprint density at radius 2 is 1.76 bits per heavy atom. The molecule has 0 aliphatic heterocycles. The van der Waals surface area contributed by atoms with E-state index in [0.717, 1.165) is 23.3 Å². The molecular weight excluding hydrogens is 454 g/mol. The molecule has 0 aliphatic rings. The van der Waals surface area contributed by atoms with Crippen molar-refractivity contribution in [3.8, 4) is 11.5 Å². The summed E-state index contributed by atoms with van der Waals surface area (Å²) in [4.78, 5) is 0. The summed E-state index contributed by atoms with van der Waals surface area (Å²) < 4.78 is 11.5. The summed E-state index contributed by atoms with van der Waals surface area (Å²) in [6, 6.07) is 14.1. The first-order valence-corrected chi connectivity index (χ1v) is 11.9. The molecule has 2 rings (SSSR count). The van der Waals surface area contributed by atoms with E-state index in [2.05, 4.69) is 32.9 Å². The highest BCUT2D eigenvalue weighted by Crippen LogP contribution is 2.34. The lowest BCUT2D eigenvalue weighted by Crippen LogP contribution is -2.41. The van der Waals surface area contributed by atoms with Gasteiger partial charge in [-0.3, -0.25) is 0 Å². The number of nitrogens with zero attached hydrogens (tertiary/aromatic N) is 1. The van der Waals surface area contributed by atoms with Crippen LogP contribution < -0.4 is 21.1 Å². The molecule has 0 spiro atoms. The van der Waals surface area contributed by atoms with Crippen LogP contribution >= 0.6 is 11.6 Å². The number of aliphatic hydroxyl groups excluding tert-OH is 2. The third kappa shape index (κ3) is 7.53. The van der Waals surface area contributed by atoms with E-state index in [-0.39, 0.29) is 25.2 Å². The minimum atomic E-state index is -0.852. The van der Waals surface area contributed by atoms with Crippen LogP contribution in [0.4, 0.5) is 0 Å². The predicted molar refractivity (Wildman–Crippen MR) is 137 cm³/mol. The van der Waals surface area contributed by atoms with Crippen LogP contribution in [0.5, 0.6) is 11.5 Å². The number of halogens is 1. The van der Waals surface area contributed by atoms with Crippen molar-refractivity contribution >= 4 is 11.6 Å². The Labute approximate surface area is 207 Å². The van der Waals surface area contributed by atoms with E-state index in [0.29, 0.717) is 29.6 Å². The zero-order valence-corrected chi connectivity index (χ0v) is 21.3. The minimum Gasteiger partial charge on any atom is -0.493 e. The normalized spacial score (nSPS) is 13.3. The van der Waals surface area contributed by atoms with Crippen molar-refractivity contribution in [3.63, 3.8) is 0 Å². The summed E-state index contributed by atoms with van der Waals surface area (Å²) in [5.74, 6) is 8.00. The van der Waals surface area contributed by atoms with Crippen LogP contribution in [0.3, 0.4) is 0 Å². The molecule has 34 heavy (non-hydrogen) atoms. The van der Waals surface area contributed by atoms with Gasteiger partial charge in [0.25, 0.3) is 0 Å². The molecule has 0 saturated heterocycles. The van der Waals surface area contributed by atoms with E-state index in [1.165, 1.54) is 10.6 Å². The van der Waals surface area contributed by atoms with Crippen molar-refractivity contribution in [2.24, 2.45) is 11.6 Å². The molecule has 0 aliphatic carbocycles. The summed E-state index contributed by atoms with van der Waals surface area (Å²) in [6.07, 6.45) is -0.0340. The van der Waals surface area contributed by atoms with Gasteiger partial charge in [0.1, 0.15) is 24.2 Å². The van der Waals surface area contributed by atoms with E-state index < -0.39 is 6.10 Å². The van der Waals surface area contributed by atoms with Gasteiger partial charge in [0, 0.05) is 17.0 Å². The lowest BCUT2D eigenvalue weighted by Gasteiger charge is -2.27. The number of aliphatic hydroxyl groups is 2. The molecule has 2 aromatic carbocycles. The van der Waals surface area contributed by atoms with Crippen molar-refractivity contribution in [2.75, 3.05) is 32.2 Å². The molecule has 0 bridgehead atoms. The third-order valence-electron chi connectivity index (χ3n) is 5.81. The third-order valence-corrected chi connectivity index (χ3v) is 6.08. The number of ether oxygens (including phenoxy) is 2. The first-order valence-electron chi connectivity index (χ1n) is 11.4. The average Bonchev–Trinajstić information content (AvgIpc) is 2.79. The molecule has 6 N–H and O–H groups in total. The molecule has 0 saturated carbocycles. The van der Waals surface area contributed by atoms with Crippen LogP contribution in [-0.4, -0.2) is 53.6 Å². The smallest absolute Gasteiger partial charge is 0.122 e. The molecule has 7 nitrogen and oxygen atoms in total. The van der Waals surface area contributed by atoms with E-state index in [1.54, 1.807) is 6.92 Å². The van der Waals surface area contributed by atoms with Crippen LogP contribution in [-0.2, 0) is 5.41 Å². The summed E-state index contributed by atoms with van der Waals surface area (Å²) in [5, 5.41) is 20.8. The van der Waals surface area contributed by atoms with Crippen LogP contribution in [0.1, 0.15) is 43.9 Å². The van der Waals surface area contributed by atoms with Gasteiger partial charge in [0.05, 0.1) is 25.5 Å². The standard InChI is InChI=1S/C26H38ClN3O4/c1-18-14-21(8-11-25(18)33-13-5-12-27)26(3,4)20-6-9-23(10-7-20)34-17-22(32)15-30(29)24(16-31)19(2)28/h6-11,14,22,31-32H,5,12-13,15-17,28-29H2,1-4H3/b24-19-/t22-/m1/s1. The lowest BCUT2D eigenvalue weighted by molar-refractivity contribution is 0.0741. The Morgan fingerprint density at radius 1 is 1.12 bits per heavy atom. The Morgan fingerprint density at radius 3 is 2.32 bits per heavy atom. The number of nitrogens with two attached hydrogens (primary N) is 2. The van der Waals surface area contributed by atoms with Crippen molar-refractivity contribution < 1.29 is 19.7 Å².